The van der Waals surface area contributed by atoms with Crippen molar-refractivity contribution in [2.45, 2.75) is 31.4 Å². The summed E-state index contributed by atoms with van der Waals surface area (Å²) < 4.78 is 24.6. The zero-order chi connectivity index (χ0) is 22.1. The van der Waals surface area contributed by atoms with Crippen LogP contribution in [0.1, 0.15) is 18.4 Å². The molecule has 3 aliphatic rings. The van der Waals surface area contributed by atoms with Crippen LogP contribution < -0.4 is 19.9 Å². The van der Waals surface area contributed by atoms with Gasteiger partial charge in [-0.3, -0.25) is 4.79 Å². The van der Waals surface area contributed by atoms with E-state index in [0.29, 0.717) is 19.5 Å². The topological polar surface area (TPSA) is 54.0 Å². The van der Waals surface area contributed by atoms with Gasteiger partial charge in [-0.15, -0.1) is 0 Å². The van der Waals surface area contributed by atoms with Crippen LogP contribution >= 0.6 is 0 Å². The van der Waals surface area contributed by atoms with E-state index in [0.717, 1.165) is 49.7 Å². The quantitative estimate of drug-likeness (QED) is 0.776. The Hall–Kier alpha value is -2.80. The Morgan fingerprint density at radius 1 is 1.22 bits per heavy atom. The van der Waals surface area contributed by atoms with Crippen molar-refractivity contribution in [3.05, 3.63) is 53.8 Å². The molecular formula is C25H30FN3O3. The number of nitrogens with one attached hydrogen (secondary N) is 1. The first kappa shape index (κ1) is 21.1. The Bertz CT molecular complexity index is 961. The van der Waals surface area contributed by atoms with Gasteiger partial charge in [0, 0.05) is 50.2 Å². The number of piperazine rings is 1. The van der Waals surface area contributed by atoms with E-state index in [1.807, 2.05) is 18.2 Å². The van der Waals surface area contributed by atoms with Gasteiger partial charge in [0.25, 0.3) is 0 Å². The van der Waals surface area contributed by atoms with Crippen molar-refractivity contribution in [1.82, 2.24) is 5.32 Å². The molecule has 0 saturated carbocycles. The summed E-state index contributed by atoms with van der Waals surface area (Å²) in [7, 11) is 1.68. The molecule has 0 spiro atoms. The van der Waals surface area contributed by atoms with E-state index in [2.05, 4.69) is 27.2 Å². The largest absolute Gasteiger partial charge is 0.497 e. The SMILES string of the molecule is COc1ccc2c(c1)N1CCN(c3ccc(F)cc3)C[C@@H]1[C@@H](C(=O)NC[C@@H]1CCCO1)C2. The number of methoxy groups -OCH3 is 1. The van der Waals surface area contributed by atoms with Crippen molar-refractivity contribution in [3.8, 4) is 5.75 Å². The molecule has 6 nitrogen and oxygen atoms in total. The molecule has 32 heavy (non-hydrogen) atoms. The van der Waals surface area contributed by atoms with E-state index in [1.54, 1.807) is 7.11 Å². The highest BCUT2D eigenvalue weighted by Crippen LogP contribution is 2.39. The maximum absolute atomic E-state index is 13.4. The summed E-state index contributed by atoms with van der Waals surface area (Å²) >= 11 is 0. The van der Waals surface area contributed by atoms with Gasteiger partial charge in [0.2, 0.25) is 5.91 Å². The fourth-order valence-corrected chi connectivity index (χ4v) is 5.24. The monoisotopic (exact) mass is 439 g/mol. The lowest BCUT2D eigenvalue weighted by molar-refractivity contribution is -0.126. The molecule has 0 unspecified atom stereocenters. The first-order chi connectivity index (χ1) is 15.6. The summed E-state index contributed by atoms with van der Waals surface area (Å²) in [4.78, 5) is 18.0. The molecule has 3 heterocycles. The predicted molar refractivity (Wildman–Crippen MR) is 122 cm³/mol. The summed E-state index contributed by atoms with van der Waals surface area (Å²) in [6.45, 7) is 3.66. The van der Waals surface area contributed by atoms with Gasteiger partial charge in [0.05, 0.1) is 25.2 Å². The Labute approximate surface area is 188 Å². The summed E-state index contributed by atoms with van der Waals surface area (Å²) in [5.41, 5.74) is 3.31. The normalized spacial score (nSPS) is 24.6. The highest BCUT2D eigenvalue weighted by Gasteiger charge is 2.42. The molecule has 2 saturated heterocycles. The maximum Gasteiger partial charge on any atom is 0.225 e. The average molecular weight is 440 g/mol. The number of halogens is 1. The van der Waals surface area contributed by atoms with Crippen molar-refractivity contribution < 1.29 is 18.7 Å². The van der Waals surface area contributed by atoms with Gasteiger partial charge in [-0.1, -0.05) is 6.07 Å². The highest BCUT2D eigenvalue weighted by molar-refractivity contribution is 5.82. The number of amides is 1. The van der Waals surface area contributed by atoms with E-state index in [4.69, 9.17) is 9.47 Å². The van der Waals surface area contributed by atoms with Gasteiger partial charge < -0.3 is 24.6 Å². The minimum Gasteiger partial charge on any atom is -0.497 e. The van der Waals surface area contributed by atoms with Crippen LogP contribution in [0.3, 0.4) is 0 Å². The maximum atomic E-state index is 13.4. The molecule has 0 bridgehead atoms. The summed E-state index contributed by atoms with van der Waals surface area (Å²) in [5, 5.41) is 3.16. The molecule has 5 rings (SSSR count). The fourth-order valence-electron chi connectivity index (χ4n) is 5.24. The molecule has 2 aromatic carbocycles. The van der Waals surface area contributed by atoms with Crippen LogP contribution in [0.25, 0.3) is 0 Å². The number of fused-ring (bicyclic) bond motifs is 3. The van der Waals surface area contributed by atoms with Gasteiger partial charge in [-0.2, -0.15) is 0 Å². The predicted octanol–water partition coefficient (Wildman–Crippen LogP) is 3.00. The van der Waals surface area contributed by atoms with Crippen molar-refractivity contribution in [2.24, 2.45) is 5.92 Å². The minimum absolute atomic E-state index is 0.0258. The smallest absolute Gasteiger partial charge is 0.225 e. The average Bonchev–Trinajstić information content (AvgIpc) is 3.35. The lowest BCUT2D eigenvalue weighted by atomic mass is 9.83. The fraction of sp³-hybridized carbons (Fsp3) is 0.480. The second kappa shape index (κ2) is 8.98. The van der Waals surface area contributed by atoms with E-state index >= 15 is 0 Å². The lowest BCUT2D eigenvalue weighted by Gasteiger charge is -2.49. The molecule has 1 amide bonds. The van der Waals surface area contributed by atoms with Crippen molar-refractivity contribution in [1.29, 1.82) is 0 Å². The third-order valence-electron chi connectivity index (χ3n) is 6.98. The number of rotatable bonds is 5. The van der Waals surface area contributed by atoms with Crippen LogP contribution in [0, 0.1) is 11.7 Å². The van der Waals surface area contributed by atoms with Gasteiger partial charge in [0.15, 0.2) is 0 Å². The third-order valence-corrected chi connectivity index (χ3v) is 6.98. The number of ether oxygens (including phenoxy) is 2. The number of hydrogen-bond donors (Lipinski definition) is 1. The molecule has 2 fully saturated rings. The number of anilines is 2. The van der Waals surface area contributed by atoms with Crippen LogP contribution in [0.2, 0.25) is 0 Å². The standard InChI is InChI=1S/C25H30FN3O3/c1-31-20-9-4-17-13-22(25(30)27-15-21-3-2-12-32-21)24-16-28(10-11-29(24)23(17)14-20)19-7-5-18(26)6-8-19/h4-9,14,21-22,24H,2-3,10-13,15-16H2,1H3,(H,27,30)/t21-,22-,24+/m0/s1. The highest BCUT2D eigenvalue weighted by atomic mass is 19.1. The number of carbonyl (C=O) groups is 1. The molecule has 3 aliphatic heterocycles. The van der Waals surface area contributed by atoms with Crippen molar-refractivity contribution in [2.75, 3.05) is 49.7 Å². The van der Waals surface area contributed by atoms with Gasteiger partial charge in [-0.25, -0.2) is 4.39 Å². The molecule has 170 valence electrons. The zero-order valence-electron chi connectivity index (χ0n) is 18.4. The third kappa shape index (κ3) is 4.13. The van der Waals surface area contributed by atoms with E-state index in [1.165, 1.54) is 17.7 Å². The van der Waals surface area contributed by atoms with Crippen LogP contribution in [0.15, 0.2) is 42.5 Å². The van der Waals surface area contributed by atoms with Crippen LogP contribution in [-0.4, -0.2) is 57.9 Å². The van der Waals surface area contributed by atoms with Gasteiger partial charge in [-0.05, 0) is 55.2 Å². The molecular weight excluding hydrogens is 409 g/mol. The van der Waals surface area contributed by atoms with Gasteiger partial charge in [0.1, 0.15) is 11.6 Å². The number of hydrogen-bond acceptors (Lipinski definition) is 5. The number of nitrogens with zero attached hydrogens (tertiary/aromatic N) is 2. The molecule has 0 aliphatic carbocycles. The van der Waals surface area contributed by atoms with E-state index < -0.39 is 0 Å². The molecule has 7 heteroatoms. The Kier molecular flexibility index (Phi) is 5.91. The van der Waals surface area contributed by atoms with Gasteiger partial charge >= 0.3 is 0 Å². The lowest BCUT2D eigenvalue weighted by Crippen LogP contribution is -2.61. The summed E-state index contributed by atoms with van der Waals surface area (Å²) in [5.74, 6) is 0.501. The minimum atomic E-state index is -0.238. The van der Waals surface area contributed by atoms with Crippen LogP contribution in [0.5, 0.6) is 5.75 Å². The second-order valence-corrected chi connectivity index (χ2v) is 8.87. The molecule has 0 radical (unpaired) electrons. The van der Waals surface area contributed by atoms with E-state index in [-0.39, 0.29) is 29.8 Å². The Balaban J connectivity index is 1.40. The number of carbonyl (C=O) groups excluding carboxylic acids is 1. The molecule has 2 aromatic rings. The van der Waals surface area contributed by atoms with Crippen molar-refractivity contribution in [3.63, 3.8) is 0 Å². The first-order valence-corrected chi connectivity index (χ1v) is 11.5. The molecule has 3 atom stereocenters. The molecule has 1 N–H and O–H groups in total. The zero-order valence-corrected chi connectivity index (χ0v) is 18.4. The number of benzene rings is 2. The van der Waals surface area contributed by atoms with E-state index in [9.17, 15) is 9.18 Å². The second-order valence-electron chi connectivity index (χ2n) is 8.87. The van der Waals surface area contributed by atoms with Crippen LogP contribution in [-0.2, 0) is 16.0 Å². The Morgan fingerprint density at radius 3 is 2.81 bits per heavy atom. The first-order valence-electron chi connectivity index (χ1n) is 11.5. The Morgan fingerprint density at radius 2 is 2.06 bits per heavy atom. The summed E-state index contributed by atoms with van der Waals surface area (Å²) in [6.07, 6.45) is 2.87. The molecule has 0 aromatic heterocycles. The van der Waals surface area contributed by atoms with Crippen LogP contribution in [0.4, 0.5) is 15.8 Å². The van der Waals surface area contributed by atoms with Crippen molar-refractivity contribution >= 4 is 17.3 Å². The summed E-state index contributed by atoms with van der Waals surface area (Å²) in [6, 6.07) is 12.8.